The zero-order valence-corrected chi connectivity index (χ0v) is 13.0. The third-order valence-corrected chi connectivity index (χ3v) is 4.78. The highest BCUT2D eigenvalue weighted by Crippen LogP contribution is 2.43. The van der Waals surface area contributed by atoms with Crippen LogP contribution in [0, 0.1) is 5.41 Å². The first-order valence-corrected chi connectivity index (χ1v) is 7.89. The van der Waals surface area contributed by atoms with Gasteiger partial charge in [-0.15, -0.1) is 0 Å². The van der Waals surface area contributed by atoms with E-state index in [4.69, 9.17) is 5.73 Å². The van der Waals surface area contributed by atoms with Crippen LogP contribution in [0.25, 0.3) is 0 Å². The third kappa shape index (κ3) is 3.14. The first kappa shape index (κ1) is 15.7. The zero-order chi connectivity index (χ0) is 15.5. The molecule has 0 saturated heterocycles. The van der Waals surface area contributed by atoms with Crippen molar-refractivity contribution in [2.24, 2.45) is 5.41 Å². The molecule has 1 heterocycles. The second-order valence-electron chi connectivity index (χ2n) is 6.09. The number of aromatic amines is 1. The minimum atomic E-state index is -0.426. The number of hydrogen-bond donors (Lipinski definition) is 3. The molecular formula is C15H26N4O2. The lowest BCUT2D eigenvalue weighted by atomic mass is 9.67. The standard InChI is InChI=1S/C15H26N4O2/c1-3-5-9-19-12(16)11(13(20)18-14(19)21)17-10-15(4-2)7-6-8-15/h17H,3-10,16H2,1-2H3,(H,18,20,21). The highest BCUT2D eigenvalue weighted by atomic mass is 16.2. The molecule has 1 fully saturated rings. The Morgan fingerprint density at radius 3 is 2.57 bits per heavy atom. The second kappa shape index (κ2) is 6.37. The Kier molecular flexibility index (Phi) is 4.75. The highest BCUT2D eigenvalue weighted by Gasteiger charge is 2.35. The summed E-state index contributed by atoms with van der Waals surface area (Å²) in [5, 5.41) is 3.19. The fourth-order valence-electron chi connectivity index (χ4n) is 2.90. The van der Waals surface area contributed by atoms with Crippen molar-refractivity contribution in [1.82, 2.24) is 9.55 Å². The lowest BCUT2D eigenvalue weighted by Gasteiger charge is -2.41. The zero-order valence-electron chi connectivity index (χ0n) is 13.0. The van der Waals surface area contributed by atoms with Gasteiger partial charge in [-0.05, 0) is 31.1 Å². The van der Waals surface area contributed by atoms with Crippen LogP contribution < -0.4 is 22.3 Å². The van der Waals surface area contributed by atoms with Crippen molar-refractivity contribution in [3.63, 3.8) is 0 Å². The molecule has 0 bridgehead atoms. The smallest absolute Gasteiger partial charge is 0.330 e. The monoisotopic (exact) mass is 294 g/mol. The summed E-state index contributed by atoms with van der Waals surface area (Å²) in [7, 11) is 0. The van der Waals surface area contributed by atoms with Crippen molar-refractivity contribution >= 4 is 11.5 Å². The predicted molar refractivity (Wildman–Crippen MR) is 85.7 cm³/mol. The van der Waals surface area contributed by atoms with E-state index >= 15 is 0 Å². The van der Waals surface area contributed by atoms with Crippen LogP contribution in [0.4, 0.5) is 11.5 Å². The number of nitrogen functional groups attached to an aromatic ring is 1. The fourth-order valence-corrected chi connectivity index (χ4v) is 2.90. The van der Waals surface area contributed by atoms with Gasteiger partial charge in [0.25, 0.3) is 5.56 Å². The molecule has 2 rings (SSSR count). The Morgan fingerprint density at radius 1 is 1.33 bits per heavy atom. The number of aromatic nitrogens is 2. The molecule has 1 aromatic rings. The van der Waals surface area contributed by atoms with E-state index in [0.29, 0.717) is 12.2 Å². The molecule has 1 saturated carbocycles. The average molecular weight is 294 g/mol. The lowest BCUT2D eigenvalue weighted by Crippen LogP contribution is -2.39. The van der Waals surface area contributed by atoms with Crippen molar-refractivity contribution in [2.75, 3.05) is 17.6 Å². The minimum absolute atomic E-state index is 0.253. The first-order chi connectivity index (χ1) is 10.0. The molecule has 21 heavy (non-hydrogen) atoms. The molecule has 6 nitrogen and oxygen atoms in total. The number of unbranched alkanes of at least 4 members (excludes halogenated alkanes) is 1. The molecule has 0 amide bonds. The Balaban J connectivity index is 2.22. The molecule has 4 N–H and O–H groups in total. The normalized spacial score (nSPS) is 16.5. The molecule has 0 aromatic carbocycles. The molecule has 1 aliphatic carbocycles. The summed E-state index contributed by atoms with van der Waals surface area (Å²) in [6.45, 7) is 5.50. The van der Waals surface area contributed by atoms with Gasteiger partial charge in [-0.25, -0.2) is 4.79 Å². The van der Waals surface area contributed by atoms with Crippen LogP contribution in [-0.2, 0) is 6.54 Å². The number of H-pyrrole nitrogens is 1. The van der Waals surface area contributed by atoms with Gasteiger partial charge in [0.2, 0.25) is 0 Å². The van der Waals surface area contributed by atoms with E-state index in [1.807, 2.05) is 6.92 Å². The lowest BCUT2D eigenvalue weighted by molar-refractivity contribution is 0.145. The van der Waals surface area contributed by atoms with E-state index in [-0.39, 0.29) is 11.2 Å². The summed E-state index contributed by atoms with van der Waals surface area (Å²) in [5.74, 6) is 0.253. The maximum Gasteiger partial charge on any atom is 0.330 e. The van der Waals surface area contributed by atoms with Gasteiger partial charge in [0.15, 0.2) is 0 Å². The van der Waals surface area contributed by atoms with Crippen LogP contribution in [-0.4, -0.2) is 16.1 Å². The molecule has 1 aliphatic rings. The average Bonchev–Trinajstić information content (AvgIpc) is 2.40. The third-order valence-electron chi connectivity index (χ3n) is 4.78. The molecule has 1 aromatic heterocycles. The Morgan fingerprint density at radius 2 is 2.05 bits per heavy atom. The summed E-state index contributed by atoms with van der Waals surface area (Å²) in [6, 6.07) is 0. The van der Waals surface area contributed by atoms with Gasteiger partial charge in [0.1, 0.15) is 11.5 Å². The maximum absolute atomic E-state index is 12.0. The van der Waals surface area contributed by atoms with E-state index < -0.39 is 11.2 Å². The molecular weight excluding hydrogens is 268 g/mol. The van der Waals surface area contributed by atoms with Gasteiger partial charge in [-0.3, -0.25) is 14.3 Å². The predicted octanol–water partition coefficient (Wildman–Crippen LogP) is 1.91. The number of rotatable bonds is 7. The molecule has 0 spiro atoms. The van der Waals surface area contributed by atoms with E-state index in [1.165, 1.54) is 23.8 Å². The van der Waals surface area contributed by atoms with Crippen molar-refractivity contribution in [3.05, 3.63) is 20.8 Å². The summed E-state index contributed by atoms with van der Waals surface area (Å²) in [5.41, 5.74) is 5.81. The SMILES string of the molecule is CCCCn1c(N)c(NCC2(CC)CCC2)c(=O)[nH]c1=O. The topological polar surface area (TPSA) is 92.9 Å². The first-order valence-electron chi connectivity index (χ1n) is 7.89. The Hall–Kier alpha value is -1.72. The van der Waals surface area contributed by atoms with Crippen LogP contribution >= 0.6 is 0 Å². The van der Waals surface area contributed by atoms with Crippen LogP contribution in [0.2, 0.25) is 0 Å². The van der Waals surface area contributed by atoms with Crippen LogP contribution in [0.15, 0.2) is 9.59 Å². The molecule has 0 aliphatic heterocycles. The number of hydrogen-bond acceptors (Lipinski definition) is 4. The molecule has 0 atom stereocenters. The number of nitrogens with one attached hydrogen (secondary N) is 2. The van der Waals surface area contributed by atoms with Crippen LogP contribution in [0.1, 0.15) is 52.4 Å². The van der Waals surface area contributed by atoms with Gasteiger partial charge >= 0.3 is 5.69 Å². The molecule has 0 unspecified atom stereocenters. The van der Waals surface area contributed by atoms with Gasteiger partial charge in [-0.2, -0.15) is 0 Å². The number of anilines is 2. The van der Waals surface area contributed by atoms with Crippen molar-refractivity contribution < 1.29 is 0 Å². The van der Waals surface area contributed by atoms with Crippen molar-refractivity contribution in [2.45, 2.75) is 58.9 Å². The van der Waals surface area contributed by atoms with Gasteiger partial charge in [0.05, 0.1) is 0 Å². The summed E-state index contributed by atoms with van der Waals surface area (Å²) in [4.78, 5) is 26.2. The van der Waals surface area contributed by atoms with Gasteiger partial charge in [-0.1, -0.05) is 26.7 Å². The minimum Gasteiger partial charge on any atom is -0.383 e. The van der Waals surface area contributed by atoms with E-state index in [0.717, 1.165) is 25.8 Å². The summed E-state index contributed by atoms with van der Waals surface area (Å²) < 4.78 is 1.45. The van der Waals surface area contributed by atoms with Crippen LogP contribution in [0.3, 0.4) is 0 Å². The highest BCUT2D eigenvalue weighted by molar-refractivity contribution is 5.60. The fraction of sp³-hybridized carbons (Fsp3) is 0.733. The van der Waals surface area contributed by atoms with Gasteiger partial charge < -0.3 is 11.1 Å². The second-order valence-corrected chi connectivity index (χ2v) is 6.09. The van der Waals surface area contributed by atoms with E-state index in [2.05, 4.69) is 17.2 Å². The number of nitrogens with two attached hydrogens (primary N) is 1. The van der Waals surface area contributed by atoms with E-state index in [1.54, 1.807) is 0 Å². The van der Waals surface area contributed by atoms with Crippen molar-refractivity contribution in [3.8, 4) is 0 Å². The Bertz CT molecular complexity index is 593. The van der Waals surface area contributed by atoms with Crippen molar-refractivity contribution in [1.29, 1.82) is 0 Å². The van der Waals surface area contributed by atoms with E-state index in [9.17, 15) is 9.59 Å². The number of nitrogens with zero attached hydrogens (tertiary/aromatic N) is 1. The molecule has 6 heteroatoms. The molecule has 118 valence electrons. The van der Waals surface area contributed by atoms with Crippen LogP contribution in [0.5, 0.6) is 0 Å². The summed E-state index contributed by atoms with van der Waals surface area (Å²) in [6.07, 6.45) is 6.53. The summed E-state index contributed by atoms with van der Waals surface area (Å²) >= 11 is 0. The molecule has 0 radical (unpaired) electrons. The quantitative estimate of drug-likeness (QED) is 0.716. The largest absolute Gasteiger partial charge is 0.383 e. The Labute approximate surface area is 124 Å². The maximum atomic E-state index is 12.0. The van der Waals surface area contributed by atoms with Gasteiger partial charge in [0, 0.05) is 13.1 Å².